The largest absolute Gasteiger partial charge is 0.295 e. The summed E-state index contributed by atoms with van der Waals surface area (Å²) >= 11 is 0. The first-order valence-corrected chi connectivity index (χ1v) is 9.00. The second-order valence-electron chi connectivity index (χ2n) is 7.99. The number of hydrogen-bond acceptors (Lipinski definition) is 1. The second kappa shape index (κ2) is 5.12. The number of allylic oxidation sites excluding steroid dienone is 4. The van der Waals surface area contributed by atoms with E-state index >= 15 is 0 Å². The van der Waals surface area contributed by atoms with Crippen molar-refractivity contribution in [2.75, 3.05) is 0 Å². The minimum atomic E-state index is 0.329. The van der Waals surface area contributed by atoms with Crippen molar-refractivity contribution in [1.82, 2.24) is 0 Å². The van der Waals surface area contributed by atoms with Crippen molar-refractivity contribution in [3.05, 3.63) is 23.3 Å². The van der Waals surface area contributed by atoms with Gasteiger partial charge < -0.3 is 0 Å². The fraction of sp³-hybridized carbons (Fsp3) is 0.667. The maximum atomic E-state index is 11.7. The van der Waals surface area contributed by atoms with E-state index in [2.05, 4.69) is 24.8 Å². The van der Waals surface area contributed by atoms with E-state index in [1.807, 2.05) is 13.0 Å². The van der Waals surface area contributed by atoms with E-state index in [-0.39, 0.29) is 0 Å². The first-order valence-electron chi connectivity index (χ1n) is 9.00. The van der Waals surface area contributed by atoms with Crippen molar-refractivity contribution >= 4 is 5.78 Å². The molecule has 1 heteroatoms. The molecule has 2 saturated carbocycles. The van der Waals surface area contributed by atoms with Crippen LogP contribution in [0, 0.1) is 40.9 Å². The molecule has 0 aromatic rings. The Kier molecular flexibility index (Phi) is 3.33. The highest BCUT2D eigenvalue weighted by molar-refractivity contribution is 5.91. The van der Waals surface area contributed by atoms with Crippen LogP contribution in [0.15, 0.2) is 23.3 Å². The third-order valence-electron chi connectivity index (χ3n) is 7.14. The Morgan fingerprint density at radius 1 is 1.18 bits per heavy atom. The van der Waals surface area contributed by atoms with E-state index in [0.29, 0.717) is 17.1 Å². The van der Waals surface area contributed by atoms with E-state index in [1.165, 1.54) is 43.3 Å². The highest BCUT2D eigenvalue weighted by Gasteiger charge is 2.53. The minimum absolute atomic E-state index is 0.329. The molecule has 2 fully saturated rings. The summed E-state index contributed by atoms with van der Waals surface area (Å²) in [6.45, 7) is 4.42. The van der Waals surface area contributed by atoms with Gasteiger partial charge in [-0.1, -0.05) is 24.5 Å². The summed E-state index contributed by atoms with van der Waals surface area (Å²) in [6.07, 6.45) is 12.6. The number of hydrogen-bond donors (Lipinski definition) is 0. The molecule has 0 aliphatic heterocycles. The van der Waals surface area contributed by atoms with Gasteiger partial charge in [0, 0.05) is 17.4 Å². The van der Waals surface area contributed by atoms with Crippen molar-refractivity contribution in [1.29, 1.82) is 0 Å². The quantitative estimate of drug-likeness (QED) is 0.592. The Morgan fingerprint density at radius 3 is 2.86 bits per heavy atom. The molecule has 116 valence electrons. The summed E-state index contributed by atoms with van der Waals surface area (Å²) in [5.41, 5.74) is 3.23. The Bertz CT molecular complexity index is 626. The first-order chi connectivity index (χ1) is 10.6. The molecule has 0 aromatic carbocycles. The molecule has 0 aromatic heterocycles. The van der Waals surface area contributed by atoms with Crippen LogP contribution in [-0.4, -0.2) is 5.78 Å². The molecular weight excluding hydrogens is 268 g/mol. The molecule has 0 bridgehead atoms. The van der Waals surface area contributed by atoms with Gasteiger partial charge in [-0.3, -0.25) is 4.79 Å². The molecule has 0 amide bonds. The zero-order valence-electron chi connectivity index (χ0n) is 13.8. The van der Waals surface area contributed by atoms with Crippen LogP contribution in [-0.2, 0) is 4.79 Å². The molecule has 5 atom stereocenters. The Balaban J connectivity index is 1.62. The molecule has 0 saturated heterocycles. The topological polar surface area (TPSA) is 17.1 Å². The first kappa shape index (κ1) is 14.3. The molecule has 0 N–H and O–H groups in total. The lowest BCUT2D eigenvalue weighted by molar-refractivity contribution is -0.115. The van der Waals surface area contributed by atoms with Crippen molar-refractivity contribution in [2.45, 2.75) is 58.8 Å². The normalized spacial score (nSPS) is 43.1. The van der Waals surface area contributed by atoms with E-state index < -0.39 is 0 Å². The third kappa shape index (κ3) is 1.96. The van der Waals surface area contributed by atoms with Crippen LogP contribution in [0.5, 0.6) is 0 Å². The predicted octanol–water partition coefficient (Wildman–Crippen LogP) is 4.69. The van der Waals surface area contributed by atoms with Crippen LogP contribution < -0.4 is 0 Å². The summed E-state index contributed by atoms with van der Waals surface area (Å²) in [4.78, 5) is 11.7. The number of rotatable bonds is 0. The molecule has 4 rings (SSSR count). The van der Waals surface area contributed by atoms with Crippen molar-refractivity contribution in [2.24, 2.45) is 29.1 Å². The molecule has 22 heavy (non-hydrogen) atoms. The van der Waals surface area contributed by atoms with Crippen LogP contribution >= 0.6 is 0 Å². The molecule has 4 aliphatic rings. The standard InChI is InChI=1S/C21H26O/c1-3-4-15-6-10-20-19-8-5-14-13-16(22)7-9-17(14)18(19)11-12-21(15,20)2/h6,13,17-20H,5,7-12H2,1-2H3/t17-,18?,19?,20?,21+/m0/s1. The summed E-state index contributed by atoms with van der Waals surface area (Å²) in [5.74, 6) is 10.1. The van der Waals surface area contributed by atoms with Crippen molar-refractivity contribution in [3.63, 3.8) is 0 Å². The second-order valence-corrected chi connectivity index (χ2v) is 7.99. The van der Waals surface area contributed by atoms with Gasteiger partial charge >= 0.3 is 0 Å². The van der Waals surface area contributed by atoms with Gasteiger partial charge in [0.1, 0.15) is 0 Å². The highest BCUT2D eigenvalue weighted by Crippen LogP contribution is 2.61. The lowest BCUT2D eigenvalue weighted by Crippen LogP contribution is -2.45. The lowest BCUT2D eigenvalue weighted by atomic mass is 9.51. The van der Waals surface area contributed by atoms with Crippen molar-refractivity contribution in [3.8, 4) is 11.8 Å². The van der Waals surface area contributed by atoms with Crippen LogP contribution in [0.4, 0.5) is 0 Å². The fourth-order valence-electron chi connectivity index (χ4n) is 6.08. The van der Waals surface area contributed by atoms with Gasteiger partial charge in [0.25, 0.3) is 0 Å². The maximum absolute atomic E-state index is 11.7. The van der Waals surface area contributed by atoms with Crippen LogP contribution in [0.25, 0.3) is 0 Å². The van der Waals surface area contributed by atoms with Gasteiger partial charge in [-0.2, -0.15) is 0 Å². The number of ketones is 1. The van der Waals surface area contributed by atoms with Gasteiger partial charge in [-0.05, 0) is 75.2 Å². The predicted molar refractivity (Wildman–Crippen MR) is 89.0 cm³/mol. The van der Waals surface area contributed by atoms with Gasteiger partial charge in [0.15, 0.2) is 5.78 Å². The summed E-state index contributed by atoms with van der Waals surface area (Å²) in [6, 6.07) is 0. The van der Waals surface area contributed by atoms with Crippen LogP contribution in [0.2, 0.25) is 0 Å². The van der Waals surface area contributed by atoms with E-state index in [1.54, 1.807) is 0 Å². The molecule has 0 heterocycles. The smallest absolute Gasteiger partial charge is 0.155 e. The van der Waals surface area contributed by atoms with E-state index in [9.17, 15) is 4.79 Å². The molecule has 4 aliphatic carbocycles. The van der Waals surface area contributed by atoms with E-state index in [0.717, 1.165) is 30.6 Å². The molecule has 3 unspecified atom stereocenters. The van der Waals surface area contributed by atoms with Crippen LogP contribution in [0.3, 0.4) is 0 Å². The molecule has 0 radical (unpaired) electrons. The Labute approximate surface area is 134 Å². The Morgan fingerprint density at radius 2 is 2.05 bits per heavy atom. The van der Waals surface area contributed by atoms with Gasteiger partial charge in [0.05, 0.1) is 0 Å². The number of carbonyl (C=O) groups is 1. The SMILES string of the molecule is CC#CC1=CCC2C3CCC4=CC(=O)CC[C@@H]4C3CC[C@]12C. The van der Waals surface area contributed by atoms with Gasteiger partial charge in [-0.15, -0.1) is 5.92 Å². The number of fused-ring (bicyclic) bond motifs is 5. The maximum Gasteiger partial charge on any atom is 0.155 e. The summed E-state index contributed by atoms with van der Waals surface area (Å²) in [5, 5.41) is 0. The zero-order chi connectivity index (χ0) is 15.3. The average Bonchev–Trinajstić information content (AvgIpc) is 2.84. The summed E-state index contributed by atoms with van der Waals surface area (Å²) in [7, 11) is 0. The van der Waals surface area contributed by atoms with Gasteiger partial charge in [-0.25, -0.2) is 0 Å². The van der Waals surface area contributed by atoms with Crippen LogP contribution in [0.1, 0.15) is 58.8 Å². The van der Waals surface area contributed by atoms with Gasteiger partial charge in [0.2, 0.25) is 0 Å². The average molecular weight is 294 g/mol. The molecule has 1 nitrogen and oxygen atoms in total. The zero-order valence-corrected chi connectivity index (χ0v) is 13.8. The number of carbonyl (C=O) groups excluding carboxylic acids is 1. The minimum Gasteiger partial charge on any atom is -0.295 e. The molecular formula is C21H26O. The fourth-order valence-corrected chi connectivity index (χ4v) is 6.08. The third-order valence-corrected chi connectivity index (χ3v) is 7.14. The van der Waals surface area contributed by atoms with E-state index in [4.69, 9.17) is 0 Å². The molecule has 0 spiro atoms. The Hall–Kier alpha value is -1.29. The lowest BCUT2D eigenvalue weighted by Gasteiger charge is -2.53. The summed E-state index contributed by atoms with van der Waals surface area (Å²) < 4.78 is 0. The highest BCUT2D eigenvalue weighted by atomic mass is 16.1. The van der Waals surface area contributed by atoms with Crippen molar-refractivity contribution < 1.29 is 4.79 Å². The monoisotopic (exact) mass is 294 g/mol.